The minimum absolute atomic E-state index is 0.00820. The van der Waals surface area contributed by atoms with Crippen molar-refractivity contribution in [2.24, 2.45) is 33.2 Å². The minimum Gasteiger partial charge on any atom is -0.508 e. The molecule has 6 rings (SSSR count). The monoisotopic (exact) mass is 1270 g/mol. The highest BCUT2D eigenvalue weighted by Gasteiger charge is 2.40. The number of fused-ring (bicyclic) bond motifs is 1. The molecule has 9 atom stereocenters. The van der Waals surface area contributed by atoms with Gasteiger partial charge in [0.2, 0.25) is 53.2 Å². The first kappa shape index (κ1) is 69.6. The molecular weight excluding hydrogens is 1190 g/mol. The number of primary amides is 1. The van der Waals surface area contributed by atoms with Gasteiger partial charge in [-0.25, -0.2) is 15.2 Å². The number of aromatic hydroxyl groups is 1. The summed E-state index contributed by atoms with van der Waals surface area (Å²) in [5, 5.41) is 46.1. The number of hydrogen-bond donors (Lipinski definition) is 17. The van der Waals surface area contributed by atoms with Crippen LogP contribution in [-0.2, 0) is 67.2 Å². The first-order chi connectivity index (χ1) is 43.5. The number of likely N-dealkylation sites (tertiary alicyclic amines) is 1. The lowest BCUT2D eigenvalue weighted by Crippen LogP contribution is -2.61. The lowest BCUT2D eigenvalue weighted by atomic mass is 10.0. The number of carbonyl (C=O) groups is 11. The third-order valence-electron chi connectivity index (χ3n) is 15.0. The summed E-state index contributed by atoms with van der Waals surface area (Å²) in [6.45, 7) is 2.49. The molecule has 20 N–H and O–H groups in total. The largest absolute Gasteiger partial charge is 0.508 e. The van der Waals surface area contributed by atoms with Crippen LogP contribution in [0, 0.1) is 5.92 Å². The van der Waals surface area contributed by atoms with Crippen molar-refractivity contribution in [3.8, 4) is 5.75 Å². The molecular formula is C57H79N21O13. The van der Waals surface area contributed by atoms with Crippen molar-refractivity contribution in [1.29, 1.82) is 0 Å². The average Bonchev–Trinajstić information content (AvgIpc) is 2.05. The maximum absolute atomic E-state index is 14.7. The first-order valence-corrected chi connectivity index (χ1v) is 29.6. The molecule has 0 saturated carbocycles. The highest BCUT2D eigenvalue weighted by atomic mass is 16.3. The van der Waals surface area contributed by atoms with E-state index in [2.05, 4.69) is 77.9 Å². The number of nitrogens with two attached hydrogens (primary N) is 3. The van der Waals surface area contributed by atoms with Crippen molar-refractivity contribution < 1.29 is 63.0 Å². The Hall–Kier alpha value is -10.5. The number of hydrazine groups is 1. The number of nitrogens with one attached hydrogen (secondary N) is 12. The molecule has 2 fully saturated rings. The molecule has 4 aromatic rings. The fourth-order valence-electron chi connectivity index (χ4n) is 10.4. The molecule has 490 valence electrons. The Balaban J connectivity index is 1.24. The summed E-state index contributed by atoms with van der Waals surface area (Å²) in [6, 6.07) is -0.834. The number of nitrogens with zero attached hydrogens (tertiary/aromatic N) is 6. The van der Waals surface area contributed by atoms with Gasteiger partial charge >= 0.3 is 6.03 Å². The van der Waals surface area contributed by atoms with E-state index in [4.69, 9.17) is 22.7 Å². The van der Waals surface area contributed by atoms with E-state index >= 15 is 0 Å². The first-order valence-electron chi connectivity index (χ1n) is 29.6. The van der Waals surface area contributed by atoms with Crippen LogP contribution < -0.4 is 70.6 Å². The van der Waals surface area contributed by atoms with E-state index in [0.29, 0.717) is 34.1 Å². The summed E-state index contributed by atoms with van der Waals surface area (Å²) in [7, 11) is 0. The number of aliphatic hydroxyl groups is 1. The molecule has 2 aliphatic heterocycles. The Morgan fingerprint density at radius 1 is 0.714 bits per heavy atom. The molecule has 12 amide bonds. The molecule has 91 heavy (non-hydrogen) atoms. The number of aliphatic imine (C=N–C) groups is 1. The Labute approximate surface area is 521 Å². The molecule has 2 aromatic heterocycles. The molecule has 0 bridgehead atoms. The second-order valence-corrected chi connectivity index (χ2v) is 22.3. The predicted octanol–water partition coefficient (Wildman–Crippen LogP) is -2.83. The second kappa shape index (κ2) is 34.3. The van der Waals surface area contributed by atoms with Crippen LogP contribution in [0.25, 0.3) is 21.3 Å². The molecule has 0 spiro atoms. The number of azide groups is 1. The van der Waals surface area contributed by atoms with Crippen molar-refractivity contribution in [2.75, 3.05) is 26.2 Å². The smallest absolute Gasteiger partial charge is 0.330 e. The lowest BCUT2D eigenvalue weighted by Gasteiger charge is -2.30. The van der Waals surface area contributed by atoms with E-state index in [0.717, 1.165) is 0 Å². The Kier molecular flexibility index (Phi) is 26.2. The normalized spacial score (nSPS) is 16.6. The van der Waals surface area contributed by atoms with Crippen LogP contribution in [0.4, 0.5) is 4.79 Å². The van der Waals surface area contributed by atoms with Gasteiger partial charge in [-0.2, -0.15) is 0 Å². The zero-order chi connectivity index (χ0) is 66.1. The third-order valence-corrected chi connectivity index (χ3v) is 15.0. The molecule has 0 radical (unpaired) electrons. The van der Waals surface area contributed by atoms with E-state index in [9.17, 15) is 63.0 Å². The number of H-pyrrole nitrogens is 2. The van der Waals surface area contributed by atoms with Gasteiger partial charge in [0.25, 0.3) is 5.91 Å². The van der Waals surface area contributed by atoms with E-state index in [1.807, 2.05) is 5.43 Å². The van der Waals surface area contributed by atoms with Gasteiger partial charge < -0.3 is 84.8 Å². The average molecular weight is 1270 g/mol. The van der Waals surface area contributed by atoms with Gasteiger partial charge in [0, 0.05) is 79.2 Å². The van der Waals surface area contributed by atoms with Gasteiger partial charge in [0.1, 0.15) is 60.1 Å². The third kappa shape index (κ3) is 21.4. The van der Waals surface area contributed by atoms with E-state index in [1.54, 1.807) is 44.3 Å². The van der Waals surface area contributed by atoms with E-state index in [1.165, 1.54) is 41.7 Å². The summed E-state index contributed by atoms with van der Waals surface area (Å²) in [6.07, 6.45) is 4.58. The fourth-order valence-corrected chi connectivity index (χ4v) is 10.4. The number of carbonyl (C=O) groups excluding carboxylic acids is 11. The van der Waals surface area contributed by atoms with Gasteiger partial charge in [0.05, 0.1) is 12.9 Å². The quantitative estimate of drug-likeness (QED) is 0.00435. The van der Waals surface area contributed by atoms with Crippen molar-refractivity contribution in [1.82, 2.24) is 73.2 Å². The van der Waals surface area contributed by atoms with Crippen LogP contribution >= 0.6 is 0 Å². The van der Waals surface area contributed by atoms with Crippen molar-refractivity contribution >= 4 is 82.0 Å². The van der Waals surface area contributed by atoms with Crippen molar-refractivity contribution in [3.63, 3.8) is 0 Å². The predicted molar refractivity (Wildman–Crippen MR) is 326 cm³/mol. The molecule has 2 saturated heterocycles. The molecule has 34 heteroatoms. The second-order valence-electron chi connectivity index (χ2n) is 22.3. The van der Waals surface area contributed by atoms with Gasteiger partial charge in [-0.3, -0.25) is 58.4 Å². The Bertz CT molecular complexity index is 3290. The highest BCUT2D eigenvalue weighted by Crippen LogP contribution is 2.22. The topological polar surface area (TPSA) is 535 Å². The zero-order valence-electron chi connectivity index (χ0n) is 50.2. The SMILES string of the molecule is CC(C)C[C@H](NC(=O)[C@@H](CCCN=[N+]=[N-])NC(=O)[C@H](Cc1ccc(O)cc1)NC(=O)[C@H](CO)NC(=O)[C@H](Cc1c[nH]c2ccccc12)NC(=O)[C@H](Cc1cnc[nH]1)NC(=O)C1CCC(=O)N1)C(=O)N[C@@H](CCCN=C(N)N)C(=O)N1CCC[C@H]1C(=O)NNC(N)=O. The molecule has 0 aliphatic carbocycles. The number of aromatic nitrogens is 3. The van der Waals surface area contributed by atoms with Crippen molar-refractivity contribution in [3.05, 3.63) is 94.5 Å². The number of para-hydroxylation sites is 1. The number of aromatic amines is 2. The number of phenolic OH excluding ortho intramolecular Hbond substituents is 1. The number of urea groups is 1. The summed E-state index contributed by atoms with van der Waals surface area (Å²) in [5.74, 6) is -8.71. The molecule has 4 heterocycles. The van der Waals surface area contributed by atoms with Crippen LogP contribution in [0.3, 0.4) is 0 Å². The van der Waals surface area contributed by atoms with Crippen LogP contribution in [0.2, 0.25) is 0 Å². The summed E-state index contributed by atoms with van der Waals surface area (Å²) >= 11 is 0. The summed E-state index contributed by atoms with van der Waals surface area (Å²) in [5.41, 5.74) is 31.4. The number of imidazole rings is 1. The van der Waals surface area contributed by atoms with Crippen LogP contribution in [0.15, 0.2) is 77.4 Å². The maximum Gasteiger partial charge on any atom is 0.330 e. The van der Waals surface area contributed by atoms with Crippen LogP contribution in [-0.4, -0.2) is 182 Å². The number of phenols is 1. The molecule has 2 aliphatic rings. The molecule has 2 aromatic carbocycles. The number of guanidine groups is 1. The zero-order valence-corrected chi connectivity index (χ0v) is 50.2. The van der Waals surface area contributed by atoms with Crippen LogP contribution in [0.5, 0.6) is 5.75 Å². The van der Waals surface area contributed by atoms with Gasteiger partial charge in [-0.1, -0.05) is 49.3 Å². The number of benzene rings is 2. The Morgan fingerprint density at radius 3 is 1.96 bits per heavy atom. The van der Waals surface area contributed by atoms with Crippen molar-refractivity contribution in [2.45, 2.75) is 145 Å². The van der Waals surface area contributed by atoms with Crippen LogP contribution in [0.1, 0.15) is 88.5 Å². The van der Waals surface area contributed by atoms with E-state index in [-0.39, 0.29) is 114 Å². The number of amides is 12. The number of rotatable bonds is 33. The molecule has 34 nitrogen and oxygen atoms in total. The minimum atomic E-state index is -1.82. The highest BCUT2D eigenvalue weighted by molar-refractivity contribution is 5.99. The van der Waals surface area contributed by atoms with Gasteiger partial charge in [0.15, 0.2) is 5.96 Å². The van der Waals surface area contributed by atoms with E-state index < -0.39 is 120 Å². The molecule has 1 unspecified atom stereocenters. The lowest BCUT2D eigenvalue weighted by molar-refractivity contribution is -0.142. The van der Waals surface area contributed by atoms with Gasteiger partial charge in [-0.15, -0.1) is 0 Å². The fraction of sp³-hybridized carbons (Fsp3) is 0.491. The standard InChI is InChI=1S/C57H79N21O13/c1-30(2)22-40(49(84)69-39(11-5-19-63-56(58)59)55(90)78-21-7-12-45(78)54(89)75-76-57(60)91)70-47(82)37(10-6-20-66-77-61)68-50(85)41(23-31-13-15-34(80)16-14-31)71-53(88)44(28-79)74-51(86)42(24-32-26-64-36-9-4-3-8-35(32)36)72-52(87)43(25-33-27-62-29-65-33)73-48(83)38-17-18-46(81)67-38/h3-4,8-9,13-16,26-27,29-30,37-45,64,79-80H,5-7,10-12,17-25,28H2,1-2H3,(H,62,65)(H,67,81)(H,68,85)(H,69,84)(H,70,82)(H,71,88)(H,72,87)(H,73,83)(H,74,86)(H,75,89)(H4,58,59,63)(H3,60,76,91)/t37-,38?,39+,40+,41+,42+,43+,44+,45+/m1/s1. The number of hydrogen-bond acceptors (Lipinski definition) is 16. The Morgan fingerprint density at radius 2 is 1.32 bits per heavy atom. The van der Waals surface area contributed by atoms with Gasteiger partial charge in [-0.05, 0) is 92.1 Å². The number of aliphatic hydroxyl groups excluding tert-OH is 1. The summed E-state index contributed by atoms with van der Waals surface area (Å²) in [4.78, 5) is 169. The maximum atomic E-state index is 14.7. The summed E-state index contributed by atoms with van der Waals surface area (Å²) < 4.78 is 0.